The molecule has 126 valence electrons. The lowest BCUT2D eigenvalue weighted by molar-refractivity contribution is -0.137. The van der Waals surface area contributed by atoms with Crippen molar-refractivity contribution in [1.82, 2.24) is 0 Å². The van der Waals surface area contributed by atoms with Crippen LogP contribution in [-0.4, -0.2) is 11.8 Å². The number of benzene rings is 2. The lowest BCUT2D eigenvalue weighted by Crippen LogP contribution is -2.29. The Bertz CT molecular complexity index is 765. The predicted octanol–water partition coefficient (Wildman–Crippen LogP) is 3.90. The van der Waals surface area contributed by atoms with E-state index in [2.05, 4.69) is 10.6 Å². The fraction of sp³-hybridized carbons (Fsp3) is 0.176. The number of alkyl halides is 3. The molecule has 0 aliphatic rings. The van der Waals surface area contributed by atoms with Crippen LogP contribution >= 0.6 is 0 Å². The largest absolute Gasteiger partial charge is 0.416 e. The molecule has 0 aliphatic heterocycles. The van der Waals surface area contributed by atoms with Crippen LogP contribution in [0.4, 0.5) is 24.5 Å². The Kier molecular flexibility index (Phi) is 4.92. The van der Waals surface area contributed by atoms with Crippen molar-refractivity contribution in [3.05, 3.63) is 59.2 Å². The van der Waals surface area contributed by atoms with Gasteiger partial charge in [0, 0.05) is 11.4 Å². The van der Waals surface area contributed by atoms with Gasteiger partial charge >= 0.3 is 18.0 Å². The third-order valence-corrected chi connectivity index (χ3v) is 3.37. The monoisotopic (exact) mass is 336 g/mol. The van der Waals surface area contributed by atoms with E-state index >= 15 is 0 Å². The number of hydrogen-bond acceptors (Lipinski definition) is 2. The van der Waals surface area contributed by atoms with Gasteiger partial charge in [0.1, 0.15) is 0 Å². The zero-order valence-corrected chi connectivity index (χ0v) is 13.0. The molecule has 2 amide bonds. The normalized spacial score (nSPS) is 11.0. The molecule has 2 N–H and O–H groups in total. The summed E-state index contributed by atoms with van der Waals surface area (Å²) < 4.78 is 37.9. The number of carbonyl (C=O) groups is 2. The number of amides is 2. The minimum atomic E-state index is -4.53. The van der Waals surface area contributed by atoms with Crippen LogP contribution in [0.2, 0.25) is 0 Å². The van der Waals surface area contributed by atoms with E-state index < -0.39 is 23.6 Å². The third-order valence-electron chi connectivity index (χ3n) is 3.37. The van der Waals surface area contributed by atoms with Crippen LogP contribution in [0.25, 0.3) is 0 Å². The Morgan fingerprint density at radius 3 is 2.00 bits per heavy atom. The molecule has 0 aromatic heterocycles. The molecule has 2 rings (SSSR count). The second-order valence-corrected chi connectivity index (χ2v) is 5.25. The molecule has 0 aliphatic carbocycles. The maximum atomic E-state index is 12.6. The molecule has 0 radical (unpaired) electrons. The molecule has 0 fully saturated rings. The van der Waals surface area contributed by atoms with E-state index in [1.54, 1.807) is 26.0 Å². The van der Waals surface area contributed by atoms with Gasteiger partial charge < -0.3 is 10.6 Å². The predicted molar refractivity (Wildman–Crippen MR) is 84.6 cm³/mol. The molecule has 0 saturated carbocycles. The second kappa shape index (κ2) is 6.74. The highest BCUT2D eigenvalue weighted by Gasteiger charge is 2.30. The summed E-state index contributed by atoms with van der Waals surface area (Å²) in [5.41, 5.74) is 1.04. The minimum Gasteiger partial charge on any atom is -0.318 e. The Morgan fingerprint density at radius 2 is 1.42 bits per heavy atom. The maximum Gasteiger partial charge on any atom is 0.416 e. The van der Waals surface area contributed by atoms with E-state index in [-0.39, 0.29) is 5.69 Å². The van der Waals surface area contributed by atoms with Crippen LogP contribution in [0.15, 0.2) is 42.5 Å². The molecule has 24 heavy (non-hydrogen) atoms. The smallest absolute Gasteiger partial charge is 0.318 e. The standard InChI is InChI=1S/C17H15F3N2O2/c1-10-5-3-6-11(2)14(10)22-16(24)15(23)21-13-8-4-7-12(9-13)17(18,19)20/h3-9H,1-2H3,(H,21,23)(H,22,24). The first-order valence-corrected chi connectivity index (χ1v) is 7.04. The molecular weight excluding hydrogens is 321 g/mol. The van der Waals surface area contributed by atoms with E-state index in [0.717, 1.165) is 29.3 Å². The number of rotatable bonds is 2. The quantitative estimate of drug-likeness (QED) is 0.817. The molecule has 7 heteroatoms. The summed E-state index contributed by atoms with van der Waals surface area (Å²) in [7, 11) is 0. The zero-order valence-electron chi connectivity index (χ0n) is 13.0. The summed E-state index contributed by atoms with van der Waals surface area (Å²) in [6, 6.07) is 9.43. The fourth-order valence-corrected chi connectivity index (χ4v) is 2.14. The number of halogens is 3. The van der Waals surface area contributed by atoms with Crippen LogP contribution in [0.1, 0.15) is 16.7 Å². The van der Waals surface area contributed by atoms with Crippen LogP contribution < -0.4 is 10.6 Å². The average molecular weight is 336 g/mol. The topological polar surface area (TPSA) is 58.2 Å². The molecule has 0 bridgehead atoms. The van der Waals surface area contributed by atoms with E-state index in [1.807, 2.05) is 6.07 Å². The molecule has 0 saturated heterocycles. The molecular formula is C17H15F3N2O2. The van der Waals surface area contributed by atoms with Crippen molar-refractivity contribution in [2.24, 2.45) is 0 Å². The molecule has 0 heterocycles. The Hall–Kier alpha value is -2.83. The lowest BCUT2D eigenvalue weighted by Gasteiger charge is -2.12. The number of anilines is 2. The van der Waals surface area contributed by atoms with Crippen molar-refractivity contribution in [2.75, 3.05) is 10.6 Å². The first kappa shape index (κ1) is 17.5. The second-order valence-electron chi connectivity index (χ2n) is 5.25. The van der Waals surface area contributed by atoms with E-state index in [1.165, 1.54) is 6.07 Å². The summed E-state index contributed by atoms with van der Waals surface area (Å²) in [5.74, 6) is -2.00. The van der Waals surface area contributed by atoms with Crippen molar-refractivity contribution in [1.29, 1.82) is 0 Å². The average Bonchev–Trinajstić information content (AvgIpc) is 2.50. The van der Waals surface area contributed by atoms with Gasteiger partial charge in [-0.1, -0.05) is 24.3 Å². The summed E-state index contributed by atoms with van der Waals surface area (Å²) in [5, 5.41) is 4.63. The molecule has 0 unspecified atom stereocenters. The van der Waals surface area contributed by atoms with Gasteiger partial charge in [-0.15, -0.1) is 0 Å². The van der Waals surface area contributed by atoms with Crippen LogP contribution in [0.5, 0.6) is 0 Å². The molecule has 0 spiro atoms. The fourth-order valence-electron chi connectivity index (χ4n) is 2.14. The van der Waals surface area contributed by atoms with Gasteiger partial charge in [-0.3, -0.25) is 9.59 Å². The Morgan fingerprint density at radius 1 is 0.875 bits per heavy atom. The number of para-hydroxylation sites is 1. The van der Waals surface area contributed by atoms with Gasteiger partial charge in [-0.05, 0) is 43.2 Å². The van der Waals surface area contributed by atoms with Crippen molar-refractivity contribution >= 4 is 23.2 Å². The maximum absolute atomic E-state index is 12.6. The van der Waals surface area contributed by atoms with Gasteiger partial charge in [0.05, 0.1) is 5.56 Å². The zero-order chi connectivity index (χ0) is 17.9. The van der Waals surface area contributed by atoms with Crippen molar-refractivity contribution < 1.29 is 22.8 Å². The lowest BCUT2D eigenvalue weighted by atomic mass is 10.1. The molecule has 0 atom stereocenters. The van der Waals surface area contributed by atoms with Gasteiger partial charge in [-0.2, -0.15) is 13.2 Å². The third kappa shape index (κ3) is 4.13. The van der Waals surface area contributed by atoms with Gasteiger partial charge in [-0.25, -0.2) is 0 Å². The van der Waals surface area contributed by atoms with Crippen LogP contribution in [-0.2, 0) is 15.8 Å². The van der Waals surface area contributed by atoms with Gasteiger partial charge in [0.2, 0.25) is 0 Å². The Labute approximate surface area is 136 Å². The van der Waals surface area contributed by atoms with Gasteiger partial charge in [0.25, 0.3) is 0 Å². The van der Waals surface area contributed by atoms with Crippen molar-refractivity contribution in [2.45, 2.75) is 20.0 Å². The first-order valence-electron chi connectivity index (χ1n) is 7.04. The van der Waals surface area contributed by atoms with Crippen molar-refractivity contribution in [3.8, 4) is 0 Å². The highest BCUT2D eigenvalue weighted by atomic mass is 19.4. The van der Waals surface area contributed by atoms with E-state index in [9.17, 15) is 22.8 Å². The van der Waals surface area contributed by atoms with Crippen LogP contribution in [0.3, 0.4) is 0 Å². The summed E-state index contributed by atoms with van der Waals surface area (Å²) in [6.07, 6.45) is -4.53. The number of hydrogen-bond donors (Lipinski definition) is 2. The highest BCUT2D eigenvalue weighted by Crippen LogP contribution is 2.30. The van der Waals surface area contributed by atoms with Gasteiger partial charge in [0.15, 0.2) is 0 Å². The molecule has 2 aromatic carbocycles. The minimum absolute atomic E-state index is 0.105. The van der Waals surface area contributed by atoms with Crippen molar-refractivity contribution in [3.63, 3.8) is 0 Å². The number of carbonyl (C=O) groups excluding carboxylic acids is 2. The number of aryl methyl sites for hydroxylation is 2. The summed E-state index contributed by atoms with van der Waals surface area (Å²) in [4.78, 5) is 23.9. The van der Waals surface area contributed by atoms with Crippen LogP contribution in [0, 0.1) is 13.8 Å². The SMILES string of the molecule is Cc1cccc(C)c1NC(=O)C(=O)Nc1cccc(C(F)(F)F)c1. The van der Waals surface area contributed by atoms with E-state index in [4.69, 9.17) is 0 Å². The Balaban J connectivity index is 2.11. The first-order chi connectivity index (χ1) is 11.2. The molecule has 2 aromatic rings. The summed E-state index contributed by atoms with van der Waals surface area (Å²) >= 11 is 0. The number of nitrogens with one attached hydrogen (secondary N) is 2. The summed E-state index contributed by atoms with van der Waals surface area (Å²) in [6.45, 7) is 3.54. The highest BCUT2D eigenvalue weighted by molar-refractivity contribution is 6.43. The van der Waals surface area contributed by atoms with E-state index in [0.29, 0.717) is 5.69 Å². The molecule has 4 nitrogen and oxygen atoms in total.